The third-order valence-electron chi connectivity index (χ3n) is 4.41. The van der Waals surface area contributed by atoms with Gasteiger partial charge in [-0.1, -0.05) is 24.3 Å². The van der Waals surface area contributed by atoms with Gasteiger partial charge < -0.3 is 11.5 Å². The molecule has 1 aliphatic carbocycles. The van der Waals surface area contributed by atoms with Gasteiger partial charge >= 0.3 is 0 Å². The van der Waals surface area contributed by atoms with E-state index < -0.39 is 0 Å². The number of nitrogens with two attached hydrogens (primary N) is 2. The quantitative estimate of drug-likeness (QED) is 0.668. The molecule has 0 spiro atoms. The highest BCUT2D eigenvalue weighted by Crippen LogP contribution is 2.40. The first-order valence-electron chi connectivity index (χ1n) is 7.26. The fourth-order valence-corrected chi connectivity index (χ4v) is 3.39. The smallest absolute Gasteiger partial charge is 0.127 e. The zero-order valence-electron chi connectivity index (χ0n) is 11.7. The van der Waals surface area contributed by atoms with Crippen molar-refractivity contribution in [2.45, 2.75) is 18.8 Å². The second-order valence-electron chi connectivity index (χ2n) is 5.71. The molecule has 1 atom stereocenters. The molecule has 0 radical (unpaired) electrons. The van der Waals surface area contributed by atoms with Crippen molar-refractivity contribution in [1.82, 2.24) is 4.98 Å². The van der Waals surface area contributed by atoms with E-state index in [9.17, 15) is 0 Å². The van der Waals surface area contributed by atoms with Crippen LogP contribution in [0.25, 0.3) is 10.9 Å². The Morgan fingerprint density at radius 3 is 2.71 bits per heavy atom. The van der Waals surface area contributed by atoms with Gasteiger partial charge in [0.15, 0.2) is 0 Å². The molecule has 3 nitrogen and oxygen atoms in total. The SMILES string of the molecule is Nc1ccc2nc(N)c(C3CCc4ccccc43)cc2c1. The number of benzene rings is 2. The highest BCUT2D eigenvalue weighted by atomic mass is 14.8. The number of hydrogen-bond acceptors (Lipinski definition) is 3. The minimum absolute atomic E-state index is 0.347. The molecule has 1 unspecified atom stereocenters. The summed E-state index contributed by atoms with van der Waals surface area (Å²) in [5.41, 5.74) is 17.7. The molecular formula is C18H17N3. The Balaban J connectivity index is 1.89. The van der Waals surface area contributed by atoms with Gasteiger partial charge in [0.25, 0.3) is 0 Å². The largest absolute Gasteiger partial charge is 0.399 e. The molecular weight excluding hydrogens is 258 g/mol. The van der Waals surface area contributed by atoms with Crippen molar-refractivity contribution in [3.63, 3.8) is 0 Å². The fraction of sp³-hybridized carbons (Fsp3) is 0.167. The number of nitrogen functional groups attached to an aromatic ring is 2. The lowest BCUT2D eigenvalue weighted by molar-refractivity contribution is 0.788. The highest BCUT2D eigenvalue weighted by molar-refractivity contribution is 5.84. The molecule has 104 valence electrons. The van der Waals surface area contributed by atoms with Crippen LogP contribution in [-0.2, 0) is 6.42 Å². The number of hydrogen-bond donors (Lipinski definition) is 2. The first-order valence-corrected chi connectivity index (χ1v) is 7.26. The van der Waals surface area contributed by atoms with Crippen LogP contribution in [0.1, 0.15) is 29.0 Å². The maximum absolute atomic E-state index is 6.22. The van der Waals surface area contributed by atoms with Crippen LogP contribution in [0.4, 0.5) is 11.5 Å². The highest BCUT2D eigenvalue weighted by Gasteiger charge is 2.25. The lowest BCUT2D eigenvalue weighted by Gasteiger charge is -2.15. The van der Waals surface area contributed by atoms with Gasteiger partial charge in [-0.25, -0.2) is 4.98 Å². The lowest BCUT2D eigenvalue weighted by Crippen LogP contribution is -2.04. The van der Waals surface area contributed by atoms with Crippen LogP contribution in [0, 0.1) is 0 Å². The van der Waals surface area contributed by atoms with Gasteiger partial charge in [0.2, 0.25) is 0 Å². The molecule has 3 heteroatoms. The fourth-order valence-electron chi connectivity index (χ4n) is 3.39. The molecule has 3 aromatic rings. The Morgan fingerprint density at radius 2 is 1.81 bits per heavy atom. The van der Waals surface area contributed by atoms with E-state index in [1.54, 1.807) is 0 Å². The van der Waals surface area contributed by atoms with Crippen molar-refractivity contribution in [1.29, 1.82) is 0 Å². The van der Waals surface area contributed by atoms with Gasteiger partial charge in [-0.3, -0.25) is 0 Å². The first kappa shape index (κ1) is 12.2. The third kappa shape index (κ3) is 1.93. The predicted molar refractivity (Wildman–Crippen MR) is 87.2 cm³/mol. The second kappa shape index (κ2) is 4.48. The van der Waals surface area contributed by atoms with Gasteiger partial charge in [0, 0.05) is 22.6 Å². The minimum atomic E-state index is 0.347. The van der Waals surface area contributed by atoms with Crippen LogP contribution in [0.15, 0.2) is 48.5 Å². The van der Waals surface area contributed by atoms with Crippen molar-refractivity contribution in [2.24, 2.45) is 0 Å². The number of pyridine rings is 1. The van der Waals surface area contributed by atoms with E-state index in [1.807, 2.05) is 18.2 Å². The van der Waals surface area contributed by atoms with Crippen LogP contribution in [-0.4, -0.2) is 4.98 Å². The van der Waals surface area contributed by atoms with Crippen molar-refractivity contribution in [3.8, 4) is 0 Å². The zero-order valence-corrected chi connectivity index (χ0v) is 11.7. The van der Waals surface area contributed by atoms with Crippen LogP contribution in [0.2, 0.25) is 0 Å². The van der Waals surface area contributed by atoms with Crippen LogP contribution in [0.3, 0.4) is 0 Å². The Hall–Kier alpha value is -2.55. The van der Waals surface area contributed by atoms with E-state index in [-0.39, 0.29) is 0 Å². The van der Waals surface area contributed by atoms with E-state index in [2.05, 4.69) is 35.3 Å². The standard InChI is InChI=1S/C18H17N3/c19-13-6-8-17-12(9-13)10-16(18(20)21-17)15-7-5-11-3-1-2-4-14(11)15/h1-4,6,8-10,15H,5,7,19H2,(H2,20,21). The molecule has 0 saturated heterocycles. The maximum Gasteiger partial charge on any atom is 0.127 e. The number of aromatic nitrogens is 1. The predicted octanol–water partition coefficient (Wildman–Crippen LogP) is 3.48. The summed E-state index contributed by atoms with van der Waals surface area (Å²) in [6.45, 7) is 0. The van der Waals surface area contributed by atoms with E-state index >= 15 is 0 Å². The summed E-state index contributed by atoms with van der Waals surface area (Å²) in [5, 5.41) is 1.06. The Labute approximate surface area is 123 Å². The molecule has 2 aromatic carbocycles. The average Bonchev–Trinajstić information content (AvgIpc) is 2.91. The Kier molecular flexibility index (Phi) is 2.61. The molecule has 0 saturated carbocycles. The summed E-state index contributed by atoms with van der Waals surface area (Å²) >= 11 is 0. The summed E-state index contributed by atoms with van der Waals surface area (Å²) in [5.74, 6) is 0.980. The van der Waals surface area contributed by atoms with Crippen molar-refractivity contribution in [2.75, 3.05) is 11.5 Å². The Bertz CT molecular complexity index is 839. The molecule has 0 aliphatic heterocycles. The van der Waals surface area contributed by atoms with Gasteiger partial charge in [0.05, 0.1) is 5.52 Å². The molecule has 4 rings (SSSR count). The summed E-state index contributed by atoms with van der Waals surface area (Å²) in [6, 6.07) is 16.5. The monoisotopic (exact) mass is 275 g/mol. The molecule has 0 amide bonds. The molecule has 21 heavy (non-hydrogen) atoms. The minimum Gasteiger partial charge on any atom is -0.399 e. The van der Waals surface area contributed by atoms with Gasteiger partial charge in [0.1, 0.15) is 5.82 Å². The van der Waals surface area contributed by atoms with Crippen LogP contribution >= 0.6 is 0 Å². The summed E-state index contributed by atoms with van der Waals surface area (Å²) in [4.78, 5) is 4.56. The maximum atomic E-state index is 6.22. The normalized spacial score (nSPS) is 17.0. The number of rotatable bonds is 1. The molecule has 1 aromatic heterocycles. The third-order valence-corrected chi connectivity index (χ3v) is 4.41. The van der Waals surface area contributed by atoms with Crippen LogP contribution in [0.5, 0.6) is 0 Å². The Morgan fingerprint density at radius 1 is 0.952 bits per heavy atom. The number of aryl methyl sites for hydroxylation is 1. The summed E-state index contributed by atoms with van der Waals surface area (Å²) in [7, 11) is 0. The van der Waals surface area contributed by atoms with Crippen LogP contribution < -0.4 is 11.5 Å². The first-order chi connectivity index (χ1) is 10.2. The average molecular weight is 275 g/mol. The number of anilines is 2. The molecule has 1 heterocycles. The van der Waals surface area contributed by atoms with Gasteiger partial charge in [-0.2, -0.15) is 0 Å². The molecule has 4 N–H and O–H groups in total. The van der Waals surface area contributed by atoms with Crippen molar-refractivity contribution >= 4 is 22.4 Å². The van der Waals surface area contributed by atoms with E-state index in [0.29, 0.717) is 11.7 Å². The lowest BCUT2D eigenvalue weighted by atomic mass is 9.92. The molecule has 0 bridgehead atoms. The molecule has 0 fully saturated rings. The molecule has 1 aliphatic rings. The second-order valence-corrected chi connectivity index (χ2v) is 5.71. The zero-order chi connectivity index (χ0) is 14.4. The van der Waals surface area contributed by atoms with Crippen molar-refractivity contribution < 1.29 is 0 Å². The van der Waals surface area contributed by atoms with E-state index in [4.69, 9.17) is 11.5 Å². The van der Waals surface area contributed by atoms with Gasteiger partial charge in [-0.05, 0) is 48.2 Å². The van der Waals surface area contributed by atoms with E-state index in [1.165, 1.54) is 11.1 Å². The number of fused-ring (bicyclic) bond motifs is 2. The summed E-state index contributed by atoms with van der Waals surface area (Å²) < 4.78 is 0. The topological polar surface area (TPSA) is 64.9 Å². The van der Waals surface area contributed by atoms with Crippen molar-refractivity contribution in [3.05, 3.63) is 65.2 Å². The van der Waals surface area contributed by atoms with Gasteiger partial charge in [-0.15, -0.1) is 0 Å². The number of nitrogens with zero attached hydrogens (tertiary/aromatic N) is 1. The van der Waals surface area contributed by atoms with E-state index in [0.717, 1.165) is 35.0 Å². The summed E-state index contributed by atoms with van der Waals surface area (Å²) in [6.07, 6.45) is 2.20.